The van der Waals surface area contributed by atoms with Gasteiger partial charge in [-0.2, -0.15) is 0 Å². The number of aromatic nitrogens is 2. The normalized spacial score (nSPS) is 17.5. The van der Waals surface area contributed by atoms with Crippen LogP contribution in [0.2, 0.25) is 10.0 Å². The topological polar surface area (TPSA) is 172 Å². The Morgan fingerprint density at radius 2 is 1.80 bits per heavy atom. The lowest BCUT2D eigenvalue weighted by Gasteiger charge is -2.39. The number of halogens is 2. The molecular formula is C48H47Cl2N7O7S. The van der Waals surface area contributed by atoms with Crippen LogP contribution >= 0.6 is 23.2 Å². The molecule has 4 heterocycles. The van der Waals surface area contributed by atoms with Crippen molar-refractivity contribution in [1.82, 2.24) is 19.6 Å². The van der Waals surface area contributed by atoms with Gasteiger partial charge in [-0.15, -0.1) is 0 Å². The second-order valence-corrected chi connectivity index (χ2v) is 20.0. The van der Waals surface area contributed by atoms with Gasteiger partial charge in [0.2, 0.25) is 0 Å². The maximum absolute atomic E-state index is 14.1. The van der Waals surface area contributed by atoms with E-state index in [0.29, 0.717) is 35.9 Å². The summed E-state index contributed by atoms with van der Waals surface area (Å²) in [5.41, 5.74) is 5.99. The van der Waals surface area contributed by atoms with Crippen molar-refractivity contribution in [2.45, 2.75) is 50.5 Å². The van der Waals surface area contributed by atoms with Crippen molar-refractivity contribution in [2.75, 3.05) is 49.5 Å². The minimum Gasteiger partial charge on any atom is -0.489 e. The molecule has 1 unspecified atom stereocenters. The number of ether oxygens (including phenoxy) is 2. The monoisotopic (exact) mass is 935 g/mol. The molecule has 1 aliphatic carbocycles. The number of nitrogens with zero attached hydrogens (tertiary/aromatic N) is 4. The number of allylic oxidation sites excluding steroid dienone is 1. The first kappa shape index (κ1) is 44.1. The molecule has 3 N–H and O–H groups in total. The molecule has 2 aliphatic heterocycles. The second-order valence-electron chi connectivity index (χ2n) is 17.5. The van der Waals surface area contributed by atoms with E-state index >= 15 is 0 Å². The zero-order valence-electron chi connectivity index (χ0n) is 35.8. The molecule has 0 spiro atoms. The Morgan fingerprint density at radius 3 is 2.57 bits per heavy atom. The number of nitrogens with one attached hydrogen (secondary N) is 3. The standard InChI is InChI=1S/C48H47Cl2N7O7S/c1-48(2)15-13-33(40(26-48)30-7-9-34(49)10-8-30)28-55-17-19-56(20-18-55)36-11-12-39(43(23-36)64-37-22-32-14-16-51-46(32)52-27-37)47(58)54-65(61,62)38-24-42(57(59)60)45-44(25-38)63-29-35(53-45)21-31-5-3-4-6-41(31)50/h3-12,14,16,22-25,27,35,53H,13,15,17-21,26,28-29H2,1-2H3,(H,51,52)(H,54,58). The highest BCUT2D eigenvalue weighted by Crippen LogP contribution is 2.44. The van der Waals surface area contributed by atoms with E-state index in [-0.39, 0.29) is 40.8 Å². The van der Waals surface area contributed by atoms with E-state index in [9.17, 15) is 23.3 Å². The second kappa shape index (κ2) is 18.0. The summed E-state index contributed by atoms with van der Waals surface area (Å²) >= 11 is 12.6. The van der Waals surface area contributed by atoms with Crippen molar-refractivity contribution in [1.29, 1.82) is 0 Å². The molecule has 0 saturated carbocycles. The van der Waals surface area contributed by atoms with Crippen molar-refractivity contribution in [2.24, 2.45) is 5.41 Å². The minimum atomic E-state index is -4.68. The molecule has 1 amide bonds. The number of piperazine rings is 1. The zero-order valence-corrected chi connectivity index (χ0v) is 38.1. The third-order valence-corrected chi connectivity index (χ3v) is 14.3. The summed E-state index contributed by atoms with van der Waals surface area (Å²) in [5, 5.41) is 17.5. The number of pyridine rings is 1. The zero-order chi connectivity index (χ0) is 45.5. The van der Waals surface area contributed by atoms with Gasteiger partial charge in [0.15, 0.2) is 11.4 Å². The van der Waals surface area contributed by atoms with E-state index in [2.05, 4.69) is 55.8 Å². The van der Waals surface area contributed by atoms with Gasteiger partial charge in [-0.1, -0.05) is 73.0 Å². The molecule has 14 nitrogen and oxygen atoms in total. The van der Waals surface area contributed by atoms with Crippen LogP contribution in [0.5, 0.6) is 17.2 Å². The van der Waals surface area contributed by atoms with Crippen LogP contribution < -0.4 is 24.4 Å². The van der Waals surface area contributed by atoms with Gasteiger partial charge in [0.25, 0.3) is 21.6 Å². The number of benzene rings is 4. The first-order chi connectivity index (χ1) is 31.2. The Labute approximate surface area is 386 Å². The summed E-state index contributed by atoms with van der Waals surface area (Å²) in [5.74, 6) is -0.596. The predicted molar refractivity (Wildman–Crippen MR) is 253 cm³/mol. The van der Waals surface area contributed by atoms with Gasteiger partial charge in [0, 0.05) is 78.2 Å². The predicted octanol–water partition coefficient (Wildman–Crippen LogP) is 9.89. The Kier molecular flexibility index (Phi) is 12.2. The SMILES string of the molecule is CC1(C)CCC(CN2CCN(c3ccc(C(=O)NS(=O)(=O)c4cc5c(c([N+](=O)[O-])c4)NC(Cc4ccccc4Cl)CO5)c(Oc4cnc5[nH]ccc5c4)c3)CC2)=C(c2ccc(Cl)cc2)C1. The maximum Gasteiger partial charge on any atom is 0.297 e. The number of H-pyrrole nitrogens is 1. The molecule has 3 aliphatic rings. The van der Waals surface area contributed by atoms with Gasteiger partial charge >= 0.3 is 0 Å². The number of fused-ring (bicyclic) bond motifs is 2. The average molecular weight is 937 g/mol. The number of anilines is 2. The fourth-order valence-corrected chi connectivity index (χ4v) is 10.2. The number of rotatable bonds is 12. The van der Waals surface area contributed by atoms with E-state index in [1.807, 2.05) is 30.3 Å². The summed E-state index contributed by atoms with van der Waals surface area (Å²) in [6.45, 7) is 8.64. The van der Waals surface area contributed by atoms with E-state index in [1.165, 1.54) is 35.0 Å². The highest BCUT2D eigenvalue weighted by Gasteiger charge is 2.33. The fourth-order valence-electron chi connectivity index (χ4n) is 8.83. The first-order valence-corrected chi connectivity index (χ1v) is 23.6. The third kappa shape index (κ3) is 9.79. The molecule has 1 atom stereocenters. The molecule has 0 radical (unpaired) electrons. The lowest BCUT2D eigenvalue weighted by atomic mass is 9.72. The maximum atomic E-state index is 14.1. The Morgan fingerprint density at radius 1 is 1.02 bits per heavy atom. The number of amides is 1. The molecule has 9 rings (SSSR count). The highest BCUT2D eigenvalue weighted by molar-refractivity contribution is 7.90. The van der Waals surface area contributed by atoms with E-state index in [1.54, 1.807) is 36.5 Å². The Balaban J connectivity index is 0.945. The molecule has 1 fully saturated rings. The van der Waals surface area contributed by atoms with Crippen LogP contribution in [0.15, 0.2) is 114 Å². The molecule has 6 aromatic rings. The van der Waals surface area contributed by atoms with Crippen LogP contribution in [-0.2, 0) is 16.4 Å². The number of carbonyl (C=O) groups excluding carboxylic acids is 1. The number of nitro groups is 1. The van der Waals surface area contributed by atoms with Gasteiger partial charge < -0.3 is 24.7 Å². The number of aromatic amines is 1. The number of nitro benzene ring substituents is 1. The molecule has 65 heavy (non-hydrogen) atoms. The van der Waals surface area contributed by atoms with E-state index in [4.69, 9.17) is 32.7 Å². The Hall–Kier alpha value is -6.13. The number of carbonyl (C=O) groups is 1. The van der Waals surface area contributed by atoms with Gasteiger partial charge in [-0.3, -0.25) is 19.8 Å². The average Bonchev–Trinajstić information content (AvgIpc) is 3.76. The van der Waals surface area contributed by atoms with Crippen LogP contribution in [0, 0.1) is 15.5 Å². The summed E-state index contributed by atoms with van der Waals surface area (Å²) in [7, 11) is -4.68. The van der Waals surface area contributed by atoms with Crippen LogP contribution in [0.3, 0.4) is 0 Å². The van der Waals surface area contributed by atoms with Gasteiger partial charge in [-0.05, 0) is 90.3 Å². The molecule has 1 saturated heterocycles. The van der Waals surface area contributed by atoms with Crippen molar-refractivity contribution < 1.29 is 27.6 Å². The van der Waals surface area contributed by atoms with Gasteiger partial charge in [0.1, 0.15) is 23.8 Å². The van der Waals surface area contributed by atoms with E-state index < -0.39 is 31.4 Å². The van der Waals surface area contributed by atoms with Crippen molar-refractivity contribution >= 4 is 72.8 Å². The third-order valence-electron chi connectivity index (χ3n) is 12.3. The minimum absolute atomic E-state index is 0.0292. The summed E-state index contributed by atoms with van der Waals surface area (Å²) in [6.07, 6.45) is 6.84. The van der Waals surface area contributed by atoms with Crippen LogP contribution in [0.4, 0.5) is 17.1 Å². The quantitative estimate of drug-likeness (QED) is 0.0788. The summed E-state index contributed by atoms with van der Waals surface area (Å²) < 4.78 is 42.2. The van der Waals surface area contributed by atoms with Gasteiger partial charge in [-0.25, -0.2) is 18.1 Å². The van der Waals surface area contributed by atoms with Crippen molar-refractivity contribution in [3.05, 3.63) is 146 Å². The first-order valence-electron chi connectivity index (χ1n) is 21.4. The number of sulfonamides is 1. The lowest BCUT2D eigenvalue weighted by Crippen LogP contribution is -2.47. The lowest BCUT2D eigenvalue weighted by molar-refractivity contribution is -0.384. The highest BCUT2D eigenvalue weighted by atomic mass is 35.5. The number of hydrogen-bond donors (Lipinski definition) is 3. The smallest absolute Gasteiger partial charge is 0.297 e. The van der Waals surface area contributed by atoms with Gasteiger partial charge in [0.05, 0.1) is 27.6 Å². The van der Waals surface area contributed by atoms with Crippen molar-refractivity contribution in [3.8, 4) is 17.2 Å². The van der Waals surface area contributed by atoms with E-state index in [0.717, 1.165) is 66.6 Å². The molecule has 2 aromatic heterocycles. The molecule has 0 bridgehead atoms. The molecule has 17 heteroatoms. The van der Waals surface area contributed by atoms with Crippen molar-refractivity contribution in [3.63, 3.8) is 0 Å². The summed E-state index contributed by atoms with van der Waals surface area (Å²) in [6, 6.07) is 25.7. The fraction of sp³-hybridized carbons (Fsp3) is 0.292. The van der Waals surface area contributed by atoms with Crippen LogP contribution in [0.25, 0.3) is 16.6 Å². The number of hydrogen-bond acceptors (Lipinski definition) is 11. The largest absolute Gasteiger partial charge is 0.489 e. The summed E-state index contributed by atoms with van der Waals surface area (Å²) in [4.78, 5) is 37.3. The Bertz CT molecular complexity index is 2950. The molecule has 4 aromatic carbocycles. The molecule has 336 valence electrons. The molecular weight excluding hydrogens is 890 g/mol. The van der Waals surface area contributed by atoms with Crippen LogP contribution in [0.1, 0.15) is 54.6 Å². The van der Waals surface area contributed by atoms with Crippen LogP contribution in [-0.4, -0.2) is 79.5 Å².